The van der Waals surface area contributed by atoms with Crippen molar-refractivity contribution in [3.8, 4) is 5.69 Å². The van der Waals surface area contributed by atoms with E-state index in [9.17, 15) is 5.11 Å². The third-order valence-electron chi connectivity index (χ3n) is 2.88. The van der Waals surface area contributed by atoms with E-state index in [1.165, 1.54) is 4.80 Å². The number of rotatable bonds is 3. The maximum absolute atomic E-state index is 10.2. The fourth-order valence-corrected chi connectivity index (χ4v) is 1.86. The van der Waals surface area contributed by atoms with Crippen molar-refractivity contribution in [1.82, 2.24) is 24.5 Å². The highest BCUT2D eigenvalue weighted by Gasteiger charge is 2.18. The van der Waals surface area contributed by atoms with E-state index >= 15 is 0 Å². The van der Waals surface area contributed by atoms with E-state index in [2.05, 4.69) is 15.2 Å². The van der Waals surface area contributed by atoms with E-state index in [0.29, 0.717) is 11.5 Å². The standard InChI is InChI=1S/C13H13N5O/c1-17-8-7-14-13(17)12(19)11-9-15-18(16-11)10-5-3-2-4-6-10/h2-9,12,19H,1H3. The largest absolute Gasteiger partial charge is 0.379 e. The summed E-state index contributed by atoms with van der Waals surface area (Å²) in [5, 5.41) is 18.7. The van der Waals surface area contributed by atoms with Gasteiger partial charge in [-0.05, 0) is 12.1 Å². The maximum Gasteiger partial charge on any atom is 0.157 e. The van der Waals surface area contributed by atoms with Crippen molar-refractivity contribution in [2.24, 2.45) is 7.05 Å². The fraction of sp³-hybridized carbons (Fsp3) is 0.154. The van der Waals surface area contributed by atoms with Gasteiger partial charge < -0.3 is 9.67 Å². The average molecular weight is 255 g/mol. The van der Waals surface area contributed by atoms with E-state index in [1.807, 2.05) is 37.4 Å². The van der Waals surface area contributed by atoms with Crippen molar-refractivity contribution in [3.05, 3.63) is 60.4 Å². The van der Waals surface area contributed by atoms with E-state index in [1.54, 1.807) is 23.2 Å². The minimum absolute atomic E-state index is 0.471. The molecule has 0 aliphatic heterocycles. The number of aliphatic hydroxyl groups excluding tert-OH is 1. The highest BCUT2D eigenvalue weighted by Crippen LogP contribution is 2.17. The number of benzene rings is 1. The summed E-state index contributed by atoms with van der Waals surface area (Å²) in [5.74, 6) is 0.542. The smallest absolute Gasteiger partial charge is 0.157 e. The number of para-hydroxylation sites is 1. The molecule has 2 heterocycles. The molecule has 0 saturated heterocycles. The predicted octanol–water partition coefficient (Wildman–Crippen LogP) is 1.08. The fourth-order valence-electron chi connectivity index (χ4n) is 1.86. The number of nitrogens with zero attached hydrogens (tertiary/aromatic N) is 5. The minimum atomic E-state index is -0.877. The topological polar surface area (TPSA) is 68.8 Å². The zero-order chi connectivity index (χ0) is 13.2. The molecule has 6 heteroatoms. The van der Waals surface area contributed by atoms with Gasteiger partial charge in [-0.15, -0.1) is 0 Å². The molecule has 96 valence electrons. The van der Waals surface area contributed by atoms with Crippen molar-refractivity contribution in [2.75, 3.05) is 0 Å². The molecule has 3 aromatic rings. The molecule has 3 rings (SSSR count). The lowest BCUT2D eigenvalue weighted by atomic mass is 10.2. The summed E-state index contributed by atoms with van der Waals surface area (Å²) in [6, 6.07) is 9.55. The Kier molecular flexibility index (Phi) is 2.85. The molecule has 1 N–H and O–H groups in total. The third-order valence-corrected chi connectivity index (χ3v) is 2.88. The molecule has 0 aliphatic carbocycles. The highest BCUT2D eigenvalue weighted by molar-refractivity contribution is 5.28. The molecule has 1 unspecified atom stereocenters. The second-order valence-corrected chi connectivity index (χ2v) is 4.19. The van der Waals surface area contributed by atoms with E-state index in [0.717, 1.165) is 5.69 Å². The Hall–Kier alpha value is -2.47. The molecule has 2 aromatic heterocycles. The van der Waals surface area contributed by atoms with Crippen molar-refractivity contribution in [1.29, 1.82) is 0 Å². The first kappa shape index (κ1) is 11.6. The minimum Gasteiger partial charge on any atom is -0.379 e. The summed E-state index contributed by atoms with van der Waals surface area (Å²) in [4.78, 5) is 5.60. The summed E-state index contributed by atoms with van der Waals surface area (Å²) in [6.45, 7) is 0. The van der Waals surface area contributed by atoms with Crippen LogP contribution in [0.4, 0.5) is 0 Å². The van der Waals surface area contributed by atoms with Crippen LogP contribution in [0.25, 0.3) is 5.69 Å². The molecule has 0 bridgehead atoms. The molecule has 0 fully saturated rings. The molecule has 0 saturated carbocycles. The first-order valence-corrected chi connectivity index (χ1v) is 5.88. The highest BCUT2D eigenvalue weighted by atomic mass is 16.3. The summed E-state index contributed by atoms with van der Waals surface area (Å²) in [7, 11) is 1.83. The number of imidazole rings is 1. The van der Waals surface area contributed by atoms with Crippen molar-refractivity contribution in [2.45, 2.75) is 6.10 Å². The second-order valence-electron chi connectivity index (χ2n) is 4.19. The number of hydrogen-bond donors (Lipinski definition) is 1. The average Bonchev–Trinajstić information content (AvgIpc) is 3.08. The molecule has 0 spiro atoms. The maximum atomic E-state index is 10.2. The summed E-state index contributed by atoms with van der Waals surface area (Å²) in [6.07, 6.45) is 4.09. The molecule has 1 aromatic carbocycles. The van der Waals surface area contributed by atoms with Gasteiger partial charge in [0.05, 0.1) is 11.9 Å². The van der Waals surface area contributed by atoms with Crippen LogP contribution in [0, 0.1) is 0 Å². The van der Waals surface area contributed by atoms with Crippen LogP contribution in [0.2, 0.25) is 0 Å². The summed E-state index contributed by atoms with van der Waals surface area (Å²) >= 11 is 0. The van der Waals surface area contributed by atoms with E-state index in [4.69, 9.17) is 0 Å². The Morgan fingerprint density at radius 2 is 2.00 bits per heavy atom. The van der Waals surface area contributed by atoms with E-state index < -0.39 is 6.10 Å². The van der Waals surface area contributed by atoms with Gasteiger partial charge in [-0.25, -0.2) is 4.98 Å². The van der Waals surface area contributed by atoms with Gasteiger partial charge in [0.15, 0.2) is 6.10 Å². The van der Waals surface area contributed by atoms with Crippen molar-refractivity contribution >= 4 is 0 Å². The molecule has 1 atom stereocenters. The lowest BCUT2D eigenvalue weighted by Crippen LogP contribution is -2.08. The summed E-state index contributed by atoms with van der Waals surface area (Å²) in [5.41, 5.74) is 1.32. The van der Waals surface area contributed by atoms with Gasteiger partial charge in [0.2, 0.25) is 0 Å². The number of hydrogen-bond acceptors (Lipinski definition) is 4. The first-order valence-electron chi connectivity index (χ1n) is 5.88. The Balaban J connectivity index is 1.92. The van der Waals surface area contributed by atoms with Gasteiger partial charge >= 0.3 is 0 Å². The quantitative estimate of drug-likeness (QED) is 0.760. The lowest BCUT2D eigenvalue weighted by molar-refractivity contribution is 0.201. The Morgan fingerprint density at radius 3 is 2.68 bits per heavy atom. The molecule has 6 nitrogen and oxygen atoms in total. The predicted molar refractivity (Wildman–Crippen MR) is 68.6 cm³/mol. The monoisotopic (exact) mass is 255 g/mol. The van der Waals surface area contributed by atoms with Gasteiger partial charge in [0.1, 0.15) is 11.5 Å². The zero-order valence-electron chi connectivity index (χ0n) is 10.4. The van der Waals surface area contributed by atoms with Crippen LogP contribution in [0.5, 0.6) is 0 Å². The Bertz CT molecular complexity index is 673. The van der Waals surface area contributed by atoms with Crippen molar-refractivity contribution < 1.29 is 5.11 Å². The molecular formula is C13H13N5O. The third kappa shape index (κ3) is 2.13. The Labute approximate surface area is 110 Å². The summed E-state index contributed by atoms with van der Waals surface area (Å²) < 4.78 is 1.76. The zero-order valence-corrected chi connectivity index (χ0v) is 10.4. The lowest BCUT2D eigenvalue weighted by Gasteiger charge is -2.06. The van der Waals surface area contributed by atoms with Gasteiger partial charge in [-0.3, -0.25) is 0 Å². The SMILES string of the molecule is Cn1ccnc1C(O)c1cnn(-c2ccccc2)n1. The molecule has 0 aliphatic rings. The van der Waals surface area contributed by atoms with Gasteiger partial charge in [0.25, 0.3) is 0 Å². The van der Waals surface area contributed by atoms with E-state index in [-0.39, 0.29) is 0 Å². The van der Waals surface area contributed by atoms with Gasteiger partial charge in [-0.1, -0.05) is 18.2 Å². The van der Waals surface area contributed by atoms with Crippen LogP contribution in [-0.4, -0.2) is 29.7 Å². The van der Waals surface area contributed by atoms with Crippen molar-refractivity contribution in [3.63, 3.8) is 0 Å². The molecular weight excluding hydrogens is 242 g/mol. The second kappa shape index (κ2) is 4.66. The first-order chi connectivity index (χ1) is 9.25. The van der Waals surface area contributed by atoms with Crippen LogP contribution in [0.3, 0.4) is 0 Å². The Morgan fingerprint density at radius 1 is 1.21 bits per heavy atom. The van der Waals surface area contributed by atoms with Gasteiger partial charge in [-0.2, -0.15) is 15.0 Å². The van der Waals surface area contributed by atoms with Gasteiger partial charge in [0, 0.05) is 19.4 Å². The van der Waals surface area contributed by atoms with Crippen LogP contribution >= 0.6 is 0 Å². The number of aryl methyl sites for hydroxylation is 1. The normalized spacial score (nSPS) is 12.5. The van der Waals surface area contributed by atoms with Crippen LogP contribution in [0.1, 0.15) is 17.6 Å². The molecule has 0 amide bonds. The van der Waals surface area contributed by atoms with Crippen LogP contribution in [0.15, 0.2) is 48.9 Å². The molecule has 19 heavy (non-hydrogen) atoms. The number of aliphatic hydroxyl groups is 1. The molecule has 0 radical (unpaired) electrons. The van der Waals surface area contributed by atoms with Crippen LogP contribution in [-0.2, 0) is 7.05 Å². The number of aromatic nitrogens is 5. The van der Waals surface area contributed by atoms with Crippen LogP contribution < -0.4 is 0 Å².